The second kappa shape index (κ2) is 5.07. The molecule has 4 heteroatoms. The molecule has 84 valence electrons. The molecule has 0 unspecified atom stereocenters. The minimum Gasteiger partial charge on any atom is -0.383 e. The van der Waals surface area contributed by atoms with Crippen LogP contribution in [-0.4, -0.2) is 18.3 Å². The Hall–Kier alpha value is -1.16. The molecule has 3 nitrogen and oxygen atoms in total. The number of nitrogens with zero attached hydrogens (tertiary/aromatic N) is 1. The molecular formula is C11H16FNO2. The molecular weight excluding hydrogens is 197 g/mol. The Morgan fingerprint density at radius 2 is 2.20 bits per heavy atom. The Morgan fingerprint density at radius 3 is 2.73 bits per heavy atom. The lowest BCUT2D eigenvalue weighted by atomic mass is 10.1. The number of methoxy groups -OCH3 is 1. The van der Waals surface area contributed by atoms with Crippen molar-refractivity contribution in [1.29, 1.82) is 0 Å². The van der Waals surface area contributed by atoms with Crippen LogP contribution >= 0.6 is 0 Å². The summed E-state index contributed by atoms with van der Waals surface area (Å²) in [6.45, 7) is 4.53. The van der Waals surface area contributed by atoms with Gasteiger partial charge in [-0.25, -0.2) is 4.39 Å². The average molecular weight is 213 g/mol. The molecule has 0 spiro atoms. The number of ether oxygens (including phenoxy) is 1. The van der Waals surface area contributed by atoms with Gasteiger partial charge in [0.05, 0.1) is 6.61 Å². The van der Waals surface area contributed by atoms with Gasteiger partial charge >= 0.3 is 0 Å². The van der Waals surface area contributed by atoms with Crippen LogP contribution in [0.3, 0.4) is 0 Å². The number of hydrogen-bond donors (Lipinski definition) is 0. The van der Waals surface area contributed by atoms with Crippen molar-refractivity contribution in [3.8, 4) is 0 Å². The molecule has 0 atom stereocenters. The number of aromatic nitrogens is 1. The number of hydrogen-bond acceptors (Lipinski definition) is 2. The van der Waals surface area contributed by atoms with Crippen molar-refractivity contribution in [2.24, 2.45) is 0 Å². The lowest BCUT2D eigenvalue weighted by molar-refractivity contribution is 0.185. The Bertz CT molecular complexity index is 385. The van der Waals surface area contributed by atoms with Gasteiger partial charge in [0, 0.05) is 25.4 Å². The van der Waals surface area contributed by atoms with Gasteiger partial charge in [-0.15, -0.1) is 0 Å². The molecule has 0 aliphatic heterocycles. The summed E-state index contributed by atoms with van der Waals surface area (Å²) in [6.07, 6.45) is 1.22. The zero-order chi connectivity index (χ0) is 11.4. The maximum atomic E-state index is 13.2. The predicted molar refractivity (Wildman–Crippen MR) is 56.6 cm³/mol. The number of pyridine rings is 1. The molecule has 0 amide bonds. The van der Waals surface area contributed by atoms with E-state index in [1.54, 1.807) is 7.11 Å². The van der Waals surface area contributed by atoms with Gasteiger partial charge < -0.3 is 9.30 Å². The summed E-state index contributed by atoms with van der Waals surface area (Å²) >= 11 is 0. The van der Waals surface area contributed by atoms with Crippen molar-refractivity contribution >= 4 is 0 Å². The summed E-state index contributed by atoms with van der Waals surface area (Å²) in [5.74, 6) is -0.351. The molecule has 0 N–H and O–H groups in total. The van der Waals surface area contributed by atoms with E-state index in [4.69, 9.17) is 4.74 Å². The molecule has 0 aliphatic carbocycles. The zero-order valence-electron chi connectivity index (χ0n) is 9.29. The highest BCUT2D eigenvalue weighted by molar-refractivity contribution is 5.15. The van der Waals surface area contributed by atoms with E-state index in [0.717, 1.165) is 0 Å². The van der Waals surface area contributed by atoms with Crippen LogP contribution < -0.4 is 5.56 Å². The van der Waals surface area contributed by atoms with E-state index in [-0.39, 0.29) is 17.3 Å². The zero-order valence-corrected chi connectivity index (χ0v) is 9.29. The van der Waals surface area contributed by atoms with E-state index in [0.29, 0.717) is 18.7 Å². The molecule has 0 aliphatic rings. The quantitative estimate of drug-likeness (QED) is 0.763. The van der Waals surface area contributed by atoms with E-state index in [1.807, 2.05) is 13.8 Å². The topological polar surface area (TPSA) is 31.2 Å². The molecule has 0 radical (unpaired) electrons. The van der Waals surface area contributed by atoms with E-state index in [9.17, 15) is 9.18 Å². The molecule has 0 fully saturated rings. The fourth-order valence-electron chi connectivity index (χ4n) is 1.39. The van der Waals surface area contributed by atoms with Crippen molar-refractivity contribution in [2.45, 2.75) is 26.3 Å². The first-order valence-corrected chi connectivity index (χ1v) is 4.95. The van der Waals surface area contributed by atoms with Gasteiger partial charge in [-0.05, 0) is 12.0 Å². The normalized spacial score (nSPS) is 11.0. The predicted octanol–water partition coefficient (Wildman–Crippen LogP) is 1.76. The highest BCUT2D eigenvalue weighted by Gasteiger charge is 2.09. The standard InChI is InChI=1S/C11H16FNO2/c1-8(2)10-6-9(12)7-13(11(10)14)4-5-15-3/h6-8H,4-5H2,1-3H3. The van der Waals surface area contributed by atoms with Crippen molar-refractivity contribution in [2.75, 3.05) is 13.7 Å². The Labute approximate surface area is 88.5 Å². The van der Waals surface area contributed by atoms with Gasteiger partial charge in [0.15, 0.2) is 0 Å². The molecule has 0 saturated heterocycles. The van der Waals surface area contributed by atoms with E-state index in [1.165, 1.54) is 16.8 Å². The highest BCUT2D eigenvalue weighted by atomic mass is 19.1. The fourth-order valence-corrected chi connectivity index (χ4v) is 1.39. The minimum atomic E-state index is -0.380. The van der Waals surface area contributed by atoms with Gasteiger partial charge in [0.1, 0.15) is 5.82 Å². The molecule has 0 bridgehead atoms. The van der Waals surface area contributed by atoms with Gasteiger partial charge in [0.2, 0.25) is 0 Å². The summed E-state index contributed by atoms with van der Waals surface area (Å²) in [5.41, 5.74) is 0.370. The lowest BCUT2D eigenvalue weighted by Crippen LogP contribution is -2.26. The molecule has 1 rings (SSSR count). The first-order valence-electron chi connectivity index (χ1n) is 4.95. The van der Waals surface area contributed by atoms with Crippen LogP contribution in [0, 0.1) is 5.82 Å². The SMILES string of the molecule is COCCn1cc(F)cc(C(C)C)c1=O. The summed E-state index contributed by atoms with van der Waals surface area (Å²) < 4.78 is 19.4. The van der Waals surface area contributed by atoms with E-state index in [2.05, 4.69) is 0 Å². The van der Waals surface area contributed by atoms with Crippen LogP contribution in [0.2, 0.25) is 0 Å². The molecule has 0 saturated carbocycles. The summed E-state index contributed by atoms with van der Waals surface area (Å²) in [7, 11) is 1.55. The van der Waals surface area contributed by atoms with Crippen LogP contribution in [0.25, 0.3) is 0 Å². The van der Waals surface area contributed by atoms with Crippen molar-refractivity contribution in [3.63, 3.8) is 0 Å². The van der Waals surface area contributed by atoms with Gasteiger partial charge in [0.25, 0.3) is 5.56 Å². The Morgan fingerprint density at radius 1 is 1.53 bits per heavy atom. The Kier molecular flexibility index (Phi) is 4.03. The fraction of sp³-hybridized carbons (Fsp3) is 0.545. The van der Waals surface area contributed by atoms with Crippen molar-refractivity contribution in [1.82, 2.24) is 4.57 Å². The second-order valence-electron chi connectivity index (χ2n) is 3.76. The molecule has 0 aromatic carbocycles. The summed E-state index contributed by atoms with van der Waals surface area (Å²) in [4.78, 5) is 11.8. The smallest absolute Gasteiger partial charge is 0.254 e. The molecule has 1 aromatic rings. The van der Waals surface area contributed by atoms with Crippen molar-refractivity contribution < 1.29 is 9.13 Å². The third-order valence-electron chi connectivity index (χ3n) is 2.24. The lowest BCUT2D eigenvalue weighted by Gasteiger charge is -2.10. The third kappa shape index (κ3) is 2.89. The van der Waals surface area contributed by atoms with Crippen LogP contribution in [0.15, 0.2) is 17.1 Å². The largest absolute Gasteiger partial charge is 0.383 e. The van der Waals surface area contributed by atoms with Crippen LogP contribution in [0.4, 0.5) is 4.39 Å². The monoisotopic (exact) mass is 213 g/mol. The maximum absolute atomic E-state index is 13.2. The second-order valence-corrected chi connectivity index (χ2v) is 3.76. The van der Waals surface area contributed by atoms with Gasteiger partial charge in [-0.1, -0.05) is 13.8 Å². The van der Waals surface area contributed by atoms with Crippen LogP contribution in [0.5, 0.6) is 0 Å². The average Bonchev–Trinajstić information content (AvgIpc) is 2.18. The summed E-state index contributed by atoms with van der Waals surface area (Å²) in [5, 5.41) is 0. The first-order chi connectivity index (χ1) is 7.06. The maximum Gasteiger partial charge on any atom is 0.254 e. The summed E-state index contributed by atoms with van der Waals surface area (Å²) in [6, 6.07) is 1.30. The number of rotatable bonds is 4. The highest BCUT2D eigenvalue weighted by Crippen LogP contribution is 2.10. The molecule has 15 heavy (non-hydrogen) atoms. The van der Waals surface area contributed by atoms with E-state index >= 15 is 0 Å². The van der Waals surface area contributed by atoms with Crippen LogP contribution in [0.1, 0.15) is 25.3 Å². The number of halogens is 1. The van der Waals surface area contributed by atoms with Gasteiger partial charge in [-0.3, -0.25) is 4.79 Å². The first kappa shape index (κ1) is 11.9. The molecule has 1 heterocycles. The van der Waals surface area contributed by atoms with E-state index < -0.39 is 0 Å². The third-order valence-corrected chi connectivity index (χ3v) is 2.24. The molecule has 1 aromatic heterocycles. The van der Waals surface area contributed by atoms with Crippen LogP contribution in [-0.2, 0) is 11.3 Å². The van der Waals surface area contributed by atoms with Crippen molar-refractivity contribution in [3.05, 3.63) is 34.0 Å². The Balaban J connectivity index is 3.11. The van der Waals surface area contributed by atoms with Gasteiger partial charge in [-0.2, -0.15) is 0 Å². The minimum absolute atomic E-state index is 0.0296.